The number of thiazole rings is 1. The fourth-order valence-corrected chi connectivity index (χ4v) is 11.0. The maximum atomic E-state index is 14.3. The number of aliphatic hydroxyl groups is 1. The number of piperazine rings is 1. The van der Waals surface area contributed by atoms with E-state index < -0.39 is 23.5 Å². The van der Waals surface area contributed by atoms with Crippen LogP contribution in [-0.4, -0.2) is 106 Å². The second-order valence-corrected chi connectivity index (χ2v) is 21.3. The SMILES string of the molecule is C=C(N[C@@H](C)c1ccc(-c2scnc2C)cc1)[C@@H]1C[C@@H](O)CN1C(=O)[C@@H](CC(=O)CCOCCCCC[C@@H](C(=O)N1CCN(c2ncnc3c2[C@H](C)CC3)CC1)c1ccc(Cl)cc1)C(C)(C)C. The van der Waals surface area contributed by atoms with Crippen LogP contribution in [0.5, 0.6) is 0 Å². The zero-order valence-electron chi connectivity index (χ0n) is 40.3. The van der Waals surface area contributed by atoms with E-state index >= 15 is 0 Å². The van der Waals surface area contributed by atoms with Crippen LogP contribution < -0.4 is 10.2 Å². The van der Waals surface area contributed by atoms with Gasteiger partial charge in [0.05, 0.1) is 40.8 Å². The number of nitrogens with zero attached hydrogens (tertiary/aromatic N) is 6. The first-order valence-electron chi connectivity index (χ1n) is 24.3. The highest BCUT2D eigenvalue weighted by Gasteiger charge is 2.43. The van der Waals surface area contributed by atoms with E-state index in [1.54, 1.807) is 22.6 Å². The zero-order chi connectivity index (χ0) is 47.8. The normalized spacial score (nSPS) is 19.8. The first kappa shape index (κ1) is 50.2. The van der Waals surface area contributed by atoms with Gasteiger partial charge in [-0.3, -0.25) is 14.4 Å². The summed E-state index contributed by atoms with van der Waals surface area (Å²) in [7, 11) is 0. The summed E-state index contributed by atoms with van der Waals surface area (Å²) in [6.45, 7) is 20.4. The number of benzene rings is 2. The van der Waals surface area contributed by atoms with Crippen LogP contribution in [0.2, 0.25) is 5.02 Å². The number of ether oxygens (including phenoxy) is 1. The van der Waals surface area contributed by atoms with E-state index in [1.165, 1.54) is 5.56 Å². The van der Waals surface area contributed by atoms with E-state index in [9.17, 15) is 19.5 Å². The molecule has 2 fully saturated rings. The number of Topliss-reactive ketones (excluding diaryl/α,β-unsaturated/α-hetero) is 1. The van der Waals surface area contributed by atoms with Gasteiger partial charge in [-0.2, -0.15) is 0 Å². The average Bonchev–Trinajstić information content (AvgIpc) is 4.05. The van der Waals surface area contributed by atoms with Crippen molar-refractivity contribution in [2.75, 3.05) is 50.8 Å². The number of aryl methyl sites for hydroxylation is 2. The van der Waals surface area contributed by atoms with E-state index in [1.807, 2.05) is 62.4 Å². The number of anilines is 1. The number of hydrogen-bond acceptors (Lipinski definition) is 11. The molecule has 2 aliphatic heterocycles. The molecular formula is C53H70ClN7O5S. The minimum atomic E-state index is -0.680. The van der Waals surface area contributed by atoms with Gasteiger partial charge >= 0.3 is 0 Å². The lowest BCUT2D eigenvalue weighted by Crippen LogP contribution is -2.50. The molecule has 4 heterocycles. The molecule has 0 bridgehead atoms. The van der Waals surface area contributed by atoms with Gasteiger partial charge in [0.25, 0.3) is 0 Å². The summed E-state index contributed by atoms with van der Waals surface area (Å²) in [5.41, 5.74) is 8.68. The molecule has 67 heavy (non-hydrogen) atoms. The van der Waals surface area contributed by atoms with Crippen LogP contribution in [0.25, 0.3) is 10.4 Å². The molecule has 4 aromatic rings. The highest BCUT2D eigenvalue weighted by molar-refractivity contribution is 7.13. The molecule has 12 nitrogen and oxygen atoms in total. The molecule has 3 aliphatic rings. The first-order valence-corrected chi connectivity index (χ1v) is 25.5. The van der Waals surface area contributed by atoms with Crippen LogP contribution in [0.15, 0.2) is 72.6 Å². The van der Waals surface area contributed by atoms with Gasteiger partial charge in [0.1, 0.15) is 17.9 Å². The molecule has 14 heteroatoms. The Kier molecular flexibility index (Phi) is 16.9. The van der Waals surface area contributed by atoms with Crippen molar-refractivity contribution < 1.29 is 24.2 Å². The molecule has 7 rings (SSSR count). The van der Waals surface area contributed by atoms with E-state index in [0.717, 1.165) is 90.4 Å². The molecular weight excluding hydrogens is 882 g/mol. The van der Waals surface area contributed by atoms with Crippen molar-refractivity contribution in [1.82, 2.24) is 30.1 Å². The van der Waals surface area contributed by atoms with Gasteiger partial charge in [-0.25, -0.2) is 15.0 Å². The van der Waals surface area contributed by atoms with E-state index in [2.05, 4.69) is 69.9 Å². The smallest absolute Gasteiger partial charge is 0.230 e. The first-order chi connectivity index (χ1) is 32.1. The molecule has 2 N–H and O–H groups in total. The van der Waals surface area contributed by atoms with Crippen molar-refractivity contribution >= 4 is 46.4 Å². The second-order valence-electron chi connectivity index (χ2n) is 20.0. The second kappa shape index (κ2) is 22.6. The maximum absolute atomic E-state index is 14.3. The van der Waals surface area contributed by atoms with Gasteiger partial charge in [-0.1, -0.05) is 95.1 Å². The number of ketones is 1. The van der Waals surface area contributed by atoms with Gasteiger partial charge in [0.2, 0.25) is 11.8 Å². The standard InChI is InChI=1S/C53H70ClN7O5S/c1-34-12-21-46-48(34)50(56-32-55-46)59-23-25-60(26-24-59)51(64)44(39-17-19-41(54)20-18-39)11-9-8-10-27-66-28-22-42(62)29-45(53(5,6)7)52(65)61-31-43(63)30-47(61)36(3)58-35(2)38-13-15-40(16-14-38)49-37(4)57-33-67-49/h13-20,32-35,43-45,47,58,63H,3,8-12,21-31H2,1-2,4-7H3/t34-,35+,43-,44-,45-,47+/m1/s1. The van der Waals surface area contributed by atoms with Gasteiger partial charge in [0, 0.05) is 92.5 Å². The predicted octanol–water partition coefficient (Wildman–Crippen LogP) is 9.46. The number of halogens is 1. The third kappa shape index (κ3) is 12.5. The maximum Gasteiger partial charge on any atom is 0.230 e. The Hall–Kier alpha value is -4.69. The van der Waals surface area contributed by atoms with Gasteiger partial charge in [-0.05, 0) is 79.7 Å². The fourth-order valence-electron chi connectivity index (χ4n) is 10.0. The number of fused-ring (bicyclic) bond motifs is 1. The quantitative estimate of drug-likeness (QED) is 0.0824. The van der Waals surface area contributed by atoms with Crippen molar-refractivity contribution in [3.63, 3.8) is 0 Å². The van der Waals surface area contributed by atoms with Crippen molar-refractivity contribution in [2.24, 2.45) is 11.3 Å². The molecule has 2 aromatic carbocycles. The lowest BCUT2D eigenvalue weighted by atomic mass is 9.76. The monoisotopic (exact) mass is 951 g/mol. The fraction of sp³-hybridized carbons (Fsp3) is 0.547. The van der Waals surface area contributed by atoms with Crippen LogP contribution in [0, 0.1) is 18.3 Å². The number of aromatic nitrogens is 3. The molecule has 2 aromatic heterocycles. The molecule has 0 radical (unpaired) electrons. The summed E-state index contributed by atoms with van der Waals surface area (Å²) in [6.07, 6.45) is 7.08. The van der Waals surface area contributed by atoms with Crippen LogP contribution in [-0.2, 0) is 25.5 Å². The number of carbonyl (C=O) groups excluding carboxylic acids is 3. The summed E-state index contributed by atoms with van der Waals surface area (Å²) in [6, 6.07) is 15.6. The number of hydrogen-bond donors (Lipinski definition) is 2. The number of nitrogens with one attached hydrogen (secondary N) is 1. The van der Waals surface area contributed by atoms with Gasteiger partial charge in [0.15, 0.2) is 0 Å². The van der Waals surface area contributed by atoms with Crippen LogP contribution in [0.4, 0.5) is 5.82 Å². The van der Waals surface area contributed by atoms with E-state index in [4.69, 9.17) is 16.3 Å². The van der Waals surface area contributed by atoms with E-state index in [-0.39, 0.29) is 55.6 Å². The topological polar surface area (TPSA) is 141 Å². The van der Waals surface area contributed by atoms with Gasteiger partial charge in [-0.15, -0.1) is 11.3 Å². The number of carbonyl (C=O) groups is 3. The summed E-state index contributed by atoms with van der Waals surface area (Å²) in [5, 5.41) is 15.0. The molecule has 0 spiro atoms. The van der Waals surface area contributed by atoms with Crippen LogP contribution in [0.1, 0.15) is 132 Å². The number of rotatable bonds is 20. The Morgan fingerprint density at radius 2 is 1.67 bits per heavy atom. The number of unbranched alkanes of at least 4 members (excludes halogenated alkanes) is 2. The van der Waals surface area contributed by atoms with Crippen molar-refractivity contribution in [3.8, 4) is 10.4 Å². The summed E-state index contributed by atoms with van der Waals surface area (Å²) in [4.78, 5) is 62.7. The lowest BCUT2D eigenvalue weighted by Gasteiger charge is -2.38. The Bertz CT molecular complexity index is 2320. The van der Waals surface area contributed by atoms with Crippen LogP contribution in [0.3, 0.4) is 0 Å². The summed E-state index contributed by atoms with van der Waals surface area (Å²) < 4.78 is 5.95. The van der Waals surface area contributed by atoms with E-state index in [0.29, 0.717) is 42.8 Å². The Morgan fingerprint density at radius 3 is 2.36 bits per heavy atom. The lowest BCUT2D eigenvalue weighted by molar-refractivity contribution is -0.142. The minimum Gasteiger partial charge on any atom is -0.391 e. The zero-order valence-corrected chi connectivity index (χ0v) is 41.9. The number of likely N-dealkylation sites (tertiary alicyclic amines) is 1. The molecule has 0 unspecified atom stereocenters. The van der Waals surface area contributed by atoms with Crippen molar-refractivity contribution in [3.05, 3.63) is 106 Å². The number of β-amino-alcohol motifs (C(OH)–C–C–N with tert-alkyl or cyclic N) is 1. The summed E-state index contributed by atoms with van der Waals surface area (Å²) in [5.74, 6) is 0.643. The Balaban J connectivity index is 0.845. The third-order valence-corrected chi connectivity index (χ3v) is 15.3. The highest BCUT2D eigenvalue weighted by Crippen LogP contribution is 2.38. The largest absolute Gasteiger partial charge is 0.391 e. The molecule has 360 valence electrons. The van der Waals surface area contributed by atoms with Gasteiger partial charge < -0.3 is 29.9 Å². The molecule has 2 amide bonds. The summed E-state index contributed by atoms with van der Waals surface area (Å²) >= 11 is 7.87. The molecule has 6 atom stereocenters. The molecule has 2 saturated heterocycles. The Labute approximate surface area is 406 Å². The molecule has 1 aliphatic carbocycles. The average molecular weight is 953 g/mol. The number of amides is 2. The number of aliphatic hydroxyl groups excluding tert-OH is 1. The van der Waals surface area contributed by atoms with Crippen LogP contribution >= 0.6 is 22.9 Å². The van der Waals surface area contributed by atoms with Crippen molar-refractivity contribution in [1.29, 1.82) is 0 Å². The Morgan fingerprint density at radius 1 is 0.955 bits per heavy atom. The molecule has 0 saturated carbocycles. The minimum absolute atomic E-state index is 0.0206. The van der Waals surface area contributed by atoms with Crippen molar-refractivity contribution in [2.45, 2.75) is 129 Å². The predicted molar refractivity (Wildman–Crippen MR) is 267 cm³/mol. The third-order valence-electron chi connectivity index (χ3n) is 14.1. The highest BCUT2D eigenvalue weighted by atomic mass is 35.5.